The third-order valence-electron chi connectivity index (χ3n) is 3.45. The Kier molecular flexibility index (Phi) is 5.61. The van der Waals surface area contributed by atoms with E-state index in [0.717, 1.165) is 0 Å². The number of hydrogen-bond acceptors (Lipinski definition) is 3. The summed E-state index contributed by atoms with van der Waals surface area (Å²) in [6.07, 6.45) is 0. The van der Waals surface area contributed by atoms with Crippen molar-refractivity contribution >= 4 is 34.9 Å². The Balaban J connectivity index is 2.12. The van der Waals surface area contributed by atoms with Crippen LogP contribution in [0.3, 0.4) is 0 Å². The van der Waals surface area contributed by atoms with Crippen molar-refractivity contribution in [1.29, 1.82) is 0 Å². The summed E-state index contributed by atoms with van der Waals surface area (Å²) in [4.78, 5) is 35.4. The van der Waals surface area contributed by atoms with E-state index < -0.39 is 11.4 Å². The molecule has 4 amide bonds. The molecule has 2 aromatic carbocycles. The van der Waals surface area contributed by atoms with Crippen molar-refractivity contribution in [3.8, 4) is 0 Å². The first-order chi connectivity index (χ1) is 12.1. The van der Waals surface area contributed by atoms with E-state index in [1.165, 1.54) is 0 Å². The fourth-order valence-corrected chi connectivity index (χ4v) is 2.08. The molecular weight excluding hydrogens is 332 g/mol. The lowest BCUT2D eigenvalue weighted by Crippen LogP contribution is -2.27. The standard InChI is InChI=1S/C19H22N4O3/c1-19(2,3)17(25)22-13-7-4-6-12(10-13)16(24)21-14-8-5-9-15(11-14)23-18(20)26/h4-11H,1-3H3,(H,21,24)(H,22,25)(H3,20,23,26). The van der Waals surface area contributed by atoms with E-state index in [4.69, 9.17) is 5.73 Å². The minimum absolute atomic E-state index is 0.139. The Labute approximate surface area is 152 Å². The average molecular weight is 354 g/mol. The molecule has 0 unspecified atom stereocenters. The lowest BCUT2D eigenvalue weighted by atomic mass is 9.95. The molecule has 0 saturated carbocycles. The number of hydrogen-bond donors (Lipinski definition) is 4. The van der Waals surface area contributed by atoms with Crippen LogP contribution in [-0.2, 0) is 4.79 Å². The average Bonchev–Trinajstić information content (AvgIpc) is 2.54. The maximum absolute atomic E-state index is 12.4. The van der Waals surface area contributed by atoms with Crippen LogP contribution in [0.25, 0.3) is 0 Å². The molecular formula is C19H22N4O3. The number of carbonyl (C=O) groups is 3. The Morgan fingerprint density at radius 2 is 1.35 bits per heavy atom. The number of carbonyl (C=O) groups excluding carboxylic acids is 3. The Morgan fingerprint density at radius 3 is 1.92 bits per heavy atom. The fourth-order valence-electron chi connectivity index (χ4n) is 2.08. The Hall–Kier alpha value is -3.35. The van der Waals surface area contributed by atoms with Crippen LogP contribution in [0, 0.1) is 5.41 Å². The highest BCUT2D eigenvalue weighted by molar-refractivity contribution is 6.06. The largest absolute Gasteiger partial charge is 0.351 e. The first-order valence-corrected chi connectivity index (χ1v) is 8.04. The third-order valence-corrected chi connectivity index (χ3v) is 3.45. The molecule has 2 rings (SSSR count). The molecule has 0 fully saturated rings. The van der Waals surface area contributed by atoms with Gasteiger partial charge in [-0.3, -0.25) is 9.59 Å². The van der Waals surface area contributed by atoms with Gasteiger partial charge in [-0.25, -0.2) is 4.79 Å². The third kappa shape index (κ3) is 5.34. The van der Waals surface area contributed by atoms with Crippen molar-refractivity contribution in [2.24, 2.45) is 11.1 Å². The van der Waals surface area contributed by atoms with Crippen LogP contribution in [-0.4, -0.2) is 17.8 Å². The van der Waals surface area contributed by atoms with Crippen molar-refractivity contribution in [1.82, 2.24) is 0 Å². The van der Waals surface area contributed by atoms with E-state index in [1.54, 1.807) is 48.5 Å². The van der Waals surface area contributed by atoms with Gasteiger partial charge in [-0.2, -0.15) is 0 Å². The molecule has 7 nitrogen and oxygen atoms in total. The van der Waals surface area contributed by atoms with E-state index in [0.29, 0.717) is 22.6 Å². The maximum atomic E-state index is 12.4. The number of primary amides is 1. The van der Waals surface area contributed by atoms with Crippen LogP contribution in [0.15, 0.2) is 48.5 Å². The van der Waals surface area contributed by atoms with Gasteiger partial charge in [0.15, 0.2) is 0 Å². The molecule has 7 heteroatoms. The number of benzene rings is 2. The van der Waals surface area contributed by atoms with E-state index >= 15 is 0 Å². The van der Waals surface area contributed by atoms with Crippen LogP contribution in [0.5, 0.6) is 0 Å². The van der Waals surface area contributed by atoms with Gasteiger partial charge in [0.1, 0.15) is 0 Å². The van der Waals surface area contributed by atoms with Crippen LogP contribution >= 0.6 is 0 Å². The molecule has 0 aliphatic rings. The molecule has 0 bridgehead atoms. The zero-order chi connectivity index (χ0) is 19.3. The van der Waals surface area contributed by atoms with Crippen LogP contribution < -0.4 is 21.7 Å². The van der Waals surface area contributed by atoms with Gasteiger partial charge >= 0.3 is 6.03 Å². The maximum Gasteiger partial charge on any atom is 0.316 e. The summed E-state index contributed by atoms with van der Waals surface area (Å²) in [6, 6.07) is 12.6. The Bertz CT molecular complexity index is 841. The molecule has 0 aliphatic heterocycles. The second-order valence-electron chi connectivity index (χ2n) is 6.81. The highest BCUT2D eigenvalue weighted by Gasteiger charge is 2.21. The molecule has 0 radical (unpaired) electrons. The molecule has 0 spiro atoms. The smallest absolute Gasteiger partial charge is 0.316 e. The minimum atomic E-state index is -0.684. The number of anilines is 3. The fraction of sp³-hybridized carbons (Fsp3) is 0.211. The van der Waals surface area contributed by atoms with Crippen molar-refractivity contribution < 1.29 is 14.4 Å². The molecule has 0 aromatic heterocycles. The van der Waals surface area contributed by atoms with Crippen molar-refractivity contribution in [2.75, 3.05) is 16.0 Å². The second-order valence-corrected chi connectivity index (χ2v) is 6.81. The van der Waals surface area contributed by atoms with E-state index in [9.17, 15) is 14.4 Å². The van der Waals surface area contributed by atoms with Crippen LogP contribution in [0.1, 0.15) is 31.1 Å². The van der Waals surface area contributed by atoms with Gasteiger partial charge in [-0.1, -0.05) is 32.9 Å². The highest BCUT2D eigenvalue weighted by atomic mass is 16.2. The molecule has 26 heavy (non-hydrogen) atoms. The van der Waals surface area contributed by atoms with Crippen LogP contribution in [0.2, 0.25) is 0 Å². The first kappa shape index (κ1) is 19.0. The number of nitrogens with two attached hydrogens (primary N) is 1. The zero-order valence-electron chi connectivity index (χ0n) is 14.9. The van der Waals surface area contributed by atoms with Gasteiger partial charge in [-0.15, -0.1) is 0 Å². The van der Waals surface area contributed by atoms with E-state index in [1.807, 2.05) is 20.8 Å². The van der Waals surface area contributed by atoms with E-state index in [2.05, 4.69) is 16.0 Å². The summed E-state index contributed by atoms with van der Waals surface area (Å²) in [5, 5.41) is 7.97. The number of rotatable bonds is 4. The summed E-state index contributed by atoms with van der Waals surface area (Å²) >= 11 is 0. The predicted octanol–water partition coefficient (Wildman–Crippen LogP) is 3.41. The molecule has 0 heterocycles. The topological polar surface area (TPSA) is 113 Å². The second kappa shape index (κ2) is 7.69. The highest BCUT2D eigenvalue weighted by Crippen LogP contribution is 2.20. The predicted molar refractivity (Wildman–Crippen MR) is 102 cm³/mol. The van der Waals surface area contributed by atoms with Gasteiger partial charge < -0.3 is 21.7 Å². The first-order valence-electron chi connectivity index (χ1n) is 8.04. The van der Waals surface area contributed by atoms with Gasteiger partial charge in [0.05, 0.1) is 0 Å². The molecule has 0 aliphatic carbocycles. The number of urea groups is 1. The molecule has 2 aromatic rings. The van der Waals surface area contributed by atoms with Crippen molar-refractivity contribution in [3.05, 3.63) is 54.1 Å². The van der Waals surface area contributed by atoms with Crippen LogP contribution in [0.4, 0.5) is 21.9 Å². The normalized spacial score (nSPS) is 10.7. The molecule has 0 saturated heterocycles. The van der Waals surface area contributed by atoms with Crippen molar-refractivity contribution in [3.63, 3.8) is 0 Å². The molecule has 0 atom stereocenters. The Morgan fingerprint density at radius 1 is 0.808 bits per heavy atom. The number of amides is 4. The van der Waals surface area contributed by atoms with Gasteiger partial charge in [0, 0.05) is 28.0 Å². The van der Waals surface area contributed by atoms with Gasteiger partial charge in [0.2, 0.25) is 5.91 Å². The van der Waals surface area contributed by atoms with E-state index in [-0.39, 0.29) is 11.8 Å². The minimum Gasteiger partial charge on any atom is -0.351 e. The van der Waals surface area contributed by atoms with Gasteiger partial charge in [0.25, 0.3) is 5.91 Å². The summed E-state index contributed by atoms with van der Waals surface area (Å²) in [7, 11) is 0. The SMILES string of the molecule is CC(C)(C)C(=O)Nc1cccc(C(=O)Nc2cccc(NC(N)=O)c2)c1. The lowest BCUT2D eigenvalue weighted by Gasteiger charge is -2.18. The summed E-state index contributed by atoms with van der Waals surface area (Å²) in [5.74, 6) is -0.478. The summed E-state index contributed by atoms with van der Waals surface area (Å²) in [6.45, 7) is 5.43. The monoisotopic (exact) mass is 354 g/mol. The lowest BCUT2D eigenvalue weighted by molar-refractivity contribution is -0.123. The van der Waals surface area contributed by atoms with Crippen molar-refractivity contribution in [2.45, 2.75) is 20.8 Å². The molecule has 136 valence electrons. The molecule has 5 N–H and O–H groups in total. The summed E-state index contributed by atoms with van der Waals surface area (Å²) in [5.41, 5.74) is 6.46. The summed E-state index contributed by atoms with van der Waals surface area (Å²) < 4.78 is 0. The number of nitrogens with one attached hydrogen (secondary N) is 3. The zero-order valence-corrected chi connectivity index (χ0v) is 14.9. The quantitative estimate of drug-likeness (QED) is 0.674. The van der Waals surface area contributed by atoms with Gasteiger partial charge in [-0.05, 0) is 36.4 Å².